The molecule has 0 aliphatic carbocycles. The van der Waals surface area contributed by atoms with E-state index in [9.17, 15) is 4.79 Å². The van der Waals surface area contributed by atoms with Crippen LogP contribution in [0.4, 0.5) is 0 Å². The van der Waals surface area contributed by atoms with E-state index >= 15 is 0 Å². The summed E-state index contributed by atoms with van der Waals surface area (Å²) in [6.07, 6.45) is 14.6. The number of benzene rings is 1. The van der Waals surface area contributed by atoms with Gasteiger partial charge in [0.15, 0.2) is 6.29 Å². The maximum atomic E-state index is 11.1. The molecule has 0 spiro atoms. The van der Waals surface area contributed by atoms with E-state index in [0.717, 1.165) is 21.8 Å². The third-order valence-electron chi connectivity index (χ3n) is 5.17. The van der Waals surface area contributed by atoms with Gasteiger partial charge in [0.25, 0.3) is 0 Å². The molecule has 0 saturated carbocycles. The Balaban J connectivity index is 2.11. The van der Waals surface area contributed by atoms with Crippen LogP contribution < -0.4 is 4.74 Å². The Bertz CT molecular complexity index is 531. The summed E-state index contributed by atoms with van der Waals surface area (Å²) in [5.41, 5.74) is 0.601. The summed E-state index contributed by atoms with van der Waals surface area (Å²) in [5.74, 6) is 0.673. The molecule has 0 fully saturated rings. The minimum Gasteiger partial charge on any atom is -0.487 e. The number of likely N-dealkylation sites (N-methyl/N-ethyl adjacent to an activating group) is 1. The van der Waals surface area contributed by atoms with Gasteiger partial charge in [-0.1, -0.05) is 74.2 Å². The summed E-state index contributed by atoms with van der Waals surface area (Å²) < 4.78 is 7.71. The van der Waals surface area contributed by atoms with E-state index in [2.05, 4.69) is 36.9 Å². The molecule has 1 aromatic carbocycles. The number of carbonyl (C=O) groups is 1. The van der Waals surface area contributed by atoms with Crippen molar-refractivity contribution in [3.05, 3.63) is 28.2 Å². The van der Waals surface area contributed by atoms with Crippen molar-refractivity contribution in [2.24, 2.45) is 0 Å². The van der Waals surface area contributed by atoms with Crippen LogP contribution in [0.5, 0.6) is 5.75 Å². The number of hydrogen-bond acceptors (Lipinski definition) is 2. The molecule has 1 rings (SSSR count). The van der Waals surface area contributed by atoms with Gasteiger partial charge in [0, 0.05) is 4.47 Å². The van der Waals surface area contributed by atoms with Gasteiger partial charge in [-0.05, 0) is 31.0 Å². The number of hydrogen-bond donors (Lipinski definition) is 0. The highest BCUT2D eigenvalue weighted by molar-refractivity contribution is 9.10. The zero-order chi connectivity index (χ0) is 20.0. The number of nitrogens with zero attached hydrogens (tertiary/aromatic N) is 1. The van der Waals surface area contributed by atoms with Crippen LogP contribution in [0.25, 0.3) is 0 Å². The highest BCUT2D eigenvalue weighted by Gasteiger charge is 2.15. The SMILES string of the molecule is CCCCCCCCCCCC[N+](C)(C)CCOc1ccc(Br)cc1C=O. The molecule has 0 atom stereocenters. The lowest BCUT2D eigenvalue weighted by Gasteiger charge is -2.29. The predicted molar refractivity (Wildman–Crippen MR) is 119 cm³/mol. The average molecular weight is 441 g/mol. The number of unbranched alkanes of at least 4 members (excludes halogenated alkanes) is 9. The molecular formula is C23H39BrNO2+. The standard InChI is InChI=1S/C23H39BrNO2/c1-4-5-6-7-8-9-10-11-12-13-16-25(2,3)17-18-27-23-15-14-22(24)19-21(23)20-26/h14-15,19-20H,4-13,16-18H2,1-3H3/q+1. The number of aldehydes is 1. The minimum absolute atomic E-state index is 0.601. The Hall–Kier alpha value is -0.870. The molecule has 1 aromatic rings. The van der Waals surface area contributed by atoms with Gasteiger partial charge in [0.2, 0.25) is 0 Å². The normalized spacial score (nSPS) is 11.6. The van der Waals surface area contributed by atoms with Gasteiger partial charge in [-0.3, -0.25) is 4.79 Å². The Morgan fingerprint density at radius 1 is 0.926 bits per heavy atom. The van der Waals surface area contributed by atoms with Crippen LogP contribution in [0.1, 0.15) is 81.5 Å². The van der Waals surface area contributed by atoms with Crippen LogP contribution in [0.2, 0.25) is 0 Å². The van der Waals surface area contributed by atoms with E-state index in [1.807, 2.05) is 12.1 Å². The van der Waals surface area contributed by atoms with Gasteiger partial charge >= 0.3 is 0 Å². The summed E-state index contributed by atoms with van der Waals surface area (Å²) in [6, 6.07) is 5.56. The van der Waals surface area contributed by atoms with E-state index in [1.165, 1.54) is 70.8 Å². The number of carbonyl (C=O) groups excluding carboxylic acids is 1. The summed E-state index contributed by atoms with van der Waals surface area (Å²) >= 11 is 3.38. The number of ether oxygens (including phenoxy) is 1. The summed E-state index contributed by atoms with van der Waals surface area (Å²) in [4.78, 5) is 11.1. The van der Waals surface area contributed by atoms with Crippen LogP contribution in [-0.4, -0.2) is 44.6 Å². The van der Waals surface area contributed by atoms with Crippen molar-refractivity contribution in [1.29, 1.82) is 0 Å². The van der Waals surface area contributed by atoms with Crippen molar-refractivity contribution < 1.29 is 14.0 Å². The van der Waals surface area contributed by atoms with Crippen molar-refractivity contribution in [2.45, 2.75) is 71.1 Å². The van der Waals surface area contributed by atoms with Gasteiger partial charge < -0.3 is 9.22 Å². The molecule has 154 valence electrons. The van der Waals surface area contributed by atoms with Crippen LogP contribution in [0.3, 0.4) is 0 Å². The quantitative estimate of drug-likeness (QED) is 0.163. The summed E-state index contributed by atoms with van der Waals surface area (Å²) in [5, 5.41) is 0. The van der Waals surface area contributed by atoms with Crippen LogP contribution in [-0.2, 0) is 0 Å². The van der Waals surface area contributed by atoms with Gasteiger partial charge in [0.05, 0.1) is 26.2 Å². The average Bonchev–Trinajstić information content (AvgIpc) is 2.64. The van der Waals surface area contributed by atoms with Gasteiger partial charge in [-0.15, -0.1) is 0 Å². The van der Waals surface area contributed by atoms with Crippen LogP contribution in [0, 0.1) is 0 Å². The van der Waals surface area contributed by atoms with Crippen molar-refractivity contribution >= 4 is 22.2 Å². The predicted octanol–water partition coefficient (Wildman–Crippen LogP) is 6.64. The first kappa shape index (κ1) is 24.2. The van der Waals surface area contributed by atoms with E-state index in [4.69, 9.17) is 4.74 Å². The van der Waals surface area contributed by atoms with E-state index in [-0.39, 0.29) is 0 Å². The maximum Gasteiger partial charge on any atom is 0.153 e. The van der Waals surface area contributed by atoms with E-state index in [0.29, 0.717) is 17.9 Å². The van der Waals surface area contributed by atoms with Crippen LogP contribution in [0.15, 0.2) is 22.7 Å². The Morgan fingerprint density at radius 3 is 2.11 bits per heavy atom. The first-order valence-electron chi connectivity index (χ1n) is 10.7. The topological polar surface area (TPSA) is 26.3 Å². The first-order chi connectivity index (χ1) is 13.0. The number of rotatable bonds is 16. The molecule has 0 heterocycles. The lowest BCUT2D eigenvalue weighted by Crippen LogP contribution is -2.43. The molecule has 0 bridgehead atoms. The van der Waals surface area contributed by atoms with Crippen molar-refractivity contribution in [1.82, 2.24) is 0 Å². The highest BCUT2D eigenvalue weighted by atomic mass is 79.9. The molecule has 0 N–H and O–H groups in total. The molecule has 3 nitrogen and oxygen atoms in total. The molecular weight excluding hydrogens is 402 g/mol. The second-order valence-corrected chi connectivity index (χ2v) is 9.13. The number of halogens is 1. The Kier molecular flexibility index (Phi) is 12.7. The fraction of sp³-hybridized carbons (Fsp3) is 0.696. The Morgan fingerprint density at radius 2 is 1.52 bits per heavy atom. The molecule has 0 aliphatic rings. The molecule has 4 heteroatoms. The number of quaternary nitrogens is 1. The molecule has 0 amide bonds. The zero-order valence-corrected chi connectivity index (χ0v) is 19.2. The fourth-order valence-corrected chi connectivity index (χ4v) is 3.66. The molecule has 0 saturated heterocycles. The third kappa shape index (κ3) is 11.5. The van der Waals surface area contributed by atoms with Gasteiger partial charge in [-0.2, -0.15) is 0 Å². The summed E-state index contributed by atoms with van der Waals surface area (Å²) in [7, 11) is 4.53. The van der Waals surface area contributed by atoms with Crippen molar-refractivity contribution in [3.8, 4) is 5.75 Å². The lowest BCUT2D eigenvalue weighted by atomic mass is 10.1. The lowest BCUT2D eigenvalue weighted by molar-refractivity contribution is -0.890. The molecule has 27 heavy (non-hydrogen) atoms. The largest absolute Gasteiger partial charge is 0.487 e. The summed E-state index contributed by atoms with van der Waals surface area (Å²) in [6.45, 7) is 5.04. The van der Waals surface area contributed by atoms with Gasteiger partial charge in [0.1, 0.15) is 18.9 Å². The molecule has 0 aliphatic heterocycles. The second-order valence-electron chi connectivity index (χ2n) is 8.21. The van der Waals surface area contributed by atoms with Gasteiger partial charge in [-0.25, -0.2) is 0 Å². The smallest absolute Gasteiger partial charge is 0.153 e. The minimum atomic E-state index is 0.601. The van der Waals surface area contributed by atoms with E-state index < -0.39 is 0 Å². The monoisotopic (exact) mass is 440 g/mol. The fourth-order valence-electron chi connectivity index (χ4n) is 3.28. The zero-order valence-electron chi connectivity index (χ0n) is 17.6. The highest BCUT2D eigenvalue weighted by Crippen LogP contribution is 2.21. The van der Waals surface area contributed by atoms with Crippen molar-refractivity contribution in [3.63, 3.8) is 0 Å². The first-order valence-corrected chi connectivity index (χ1v) is 11.5. The van der Waals surface area contributed by atoms with Crippen LogP contribution >= 0.6 is 15.9 Å². The third-order valence-corrected chi connectivity index (χ3v) is 5.66. The molecule has 0 radical (unpaired) electrons. The molecule has 0 unspecified atom stereocenters. The maximum absolute atomic E-state index is 11.1. The Labute approximate surface area is 175 Å². The second kappa shape index (κ2) is 14.2. The molecule has 0 aromatic heterocycles. The van der Waals surface area contributed by atoms with E-state index in [1.54, 1.807) is 6.07 Å². The van der Waals surface area contributed by atoms with Crippen molar-refractivity contribution in [2.75, 3.05) is 33.8 Å².